The van der Waals surface area contributed by atoms with E-state index in [1.807, 2.05) is 0 Å². The first-order chi connectivity index (χ1) is 7.08. The molecule has 0 aliphatic carbocycles. The highest BCUT2D eigenvalue weighted by Gasteiger charge is 2.22. The average Bonchev–Trinajstić information content (AvgIpc) is 2.50. The number of rotatable bonds is 1. The summed E-state index contributed by atoms with van der Waals surface area (Å²) in [5, 5.41) is 2.05. The number of halogens is 2. The summed E-state index contributed by atoms with van der Waals surface area (Å²) in [5.74, 6) is -1.64. The maximum absolute atomic E-state index is 13.1. The normalized spacial score (nSPS) is 15.2. The van der Waals surface area contributed by atoms with Crippen LogP contribution in [0.15, 0.2) is 24.3 Å². The van der Waals surface area contributed by atoms with Crippen molar-refractivity contribution in [3.05, 3.63) is 40.7 Å². The maximum Gasteiger partial charge on any atom is 0.258 e. The van der Waals surface area contributed by atoms with E-state index in [2.05, 4.69) is 5.32 Å². The van der Waals surface area contributed by atoms with E-state index in [4.69, 9.17) is 11.6 Å². The Balaban J connectivity index is 2.47. The molecule has 15 heavy (non-hydrogen) atoms. The van der Waals surface area contributed by atoms with E-state index in [0.29, 0.717) is 5.56 Å². The van der Waals surface area contributed by atoms with Crippen LogP contribution in [-0.2, 0) is 9.59 Å². The first-order valence-electron chi connectivity index (χ1n) is 4.10. The van der Waals surface area contributed by atoms with Crippen LogP contribution >= 0.6 is 11.6 Å². The Labute approximate surface area is 89.5 Å². The summed E-state index contributed by atoms with van der Waals surface area (Å²) in [6, 6.07) is 3.94. The van der Waals surface area contributed by atoms with Crippen LogP contribution in [-0.4, -0.2) is 11.8 Å². The molecule has 1 N–H and O–H groups in total. The van der Waals surface area contributed by atoms with Crippen molar-refractivity contribution >= 4 is 29.0 Å². The zero-order chi connectivity index (χ0) is 11.0. The number of hydrogen-bond donors (Lipinski definition) is 1. The molecule has 0 saturated carbocycles. The number of nitrogens with one attached hydrogen (secondary N) is 1. The molecule has 0 bridgehead atoms. The molecule has 1 aliphatic rings. The standard InChI is InChI=1S/C10H5ClFNO2/c11-7-2-1-5(3-8(7)12)6-4-9(14)13-10(6)15/h1-4H,(H,13,14,15). The van der Waals surface area contributed by atoms with Crippen molar-refractivity contribution in [2.45, 2.75) is 0 Å². The van der Waals surface area contributed by atoms with E-state index in [1.165, 1.54) is 12.1 Å². The summed E-state index contributed by atoms with van der Waals surface area (Å²) >= 11 is 5.49. The van der Waals surface area contributed by atoms with E-state index in [1.54, 1.807) is 0 Å². The van der Waals surface area contributed by atoms with Crippen LogP contribution < -0.4 is 5.32 Å². The molecule has 0 saturated heterocycles. The van der Waals surface area contributed by atoms with Crippen molar-refractivity contribution < 1.29 is 14.0 Å². The third kappa shape index (κ3) is 1.76. The van der Waals surface area contributed by atoms with Crippen molar-refractivity contribution in [2.75, 3.05) is 0 Å². The second kappa shape index (κ2) is 3.47. The van der Waals surface area contributed by atoms with Gasteiger partial charge in [-0.2, -0.15) is 0 Å². The molecule has 5 heteroatoms. The molecule has 0 atom stereocenters. The van der Waals surface area contributed by atoms with E-state index in [9.17, 15) is 14.0 Å². The molecule has 0 aromatic heterocycles. The van der Waals surface area contributed by atoms with Gasteiger partial charge in [0.15, 0.2) is 0 Å². The second-order valence-corrected chi connectivity index (χ2v) is 3.41. The topological polar surface area (TPSA) is 46.2 Å². The summed E-state index contributed by atoms with van der Waals surface area (Å²) in [5.41, 5.74) is 0.482. The molecule has 3 nitrogen and oxygen atoms in total. The average molecular weight is 226 g/mol. The fourth-order valence-corrected chi connectivity index (χ4v) is 1.41. The van der Waals surface area contributed by atoms with Crippen molar-refractivity contribution in [1.82, 2.24) is 5.32 Å². The maximum atomic E-state index is 13.1. The summed E-state index contributed by atoms with van der Waals surface area (Å²) in [6.45, 7) is 0. The third-order valence-corrected chi connectivity index (χ3v) is 2.29. The minimum Gasteiger partial charge on any atom is -0.289 e. The summed E-state index contributed by atoms with van der Waals surface area (Å²) in [4.78, 5) is 22.1. The Hall–Kier alpha value is -1.68. The summed E-state index contributed by atoms with van der Waals surface area (Å²) < 4.78 is 13.1. The summed E-state index contributed by atoms with van der Waals surface area (Å²) in [6.07, 6.45) is 1.13. The zero-order valence-electron chi connectivity index (χ0n) is 7.38. The minimum atomic E-state index is -0.623. The van der Waals surface area contributed by atoms with Gasteiger partial charge in [0.1, 0.15) is 5.82 Å². The molecule has 1 aromatic carbocycles. The molecule has 0 radical (unpaired) electrons. The van der Waals surface area contributed by atoms with Crippen molar-refractivity contribution in [3.8, 4) is 0 Å². The lowest BCUT2D eigenvalue weighted by Gasteiger charge is -2.01. The van der Waals surface area contributed by atoms with E-state index in [-0.39, 0.29) is 10.6 Å². The van der Waals surface area contributed by atoms with Crippen LogP contribution in [0, 0.1) is 5.82 Å². The van der Waals surface area contributed by atoms with Crippen molar-refractivity contribution in [3.63, 3.8) is 0 Å². The molecule has 1 aromatic rings. The molecular weight excluding hydrogens is 221 g/mol. The smallest absolute Gasteiger partial charge is 0.258 e. The van der Waals surface area contributed by atoms with Crippen molar-refractivity contribution in [2.24, 2.45) is 0 Å². The van der Waals surface area contributed by atoms with Gasteiger partial charge in [-0.25, -0.2) is 4.39 Å². The number of carbonyl (C=O) groups excluding carboxylic acids is 2. The van der Waals surface area contributed by atoms with Crippen LogP contribution in [0.5, 0.6) is 0 Å². The zero-order valence-corrected chi connectivity index (χ0v) is 8.14. The van der Waals surface area contributed by atoms with Gasteiger partial charge in [-0.15, -0.1) is 0 Å². The fraction of sp³-hybridized carbons (Fsp3) is 0. The molecule has 0 unspecified atom stereocenters. The van der Waals surface area contributed by atoms with E-state index in [0.717, 1.165) is 12.1 Å². The van der Waals surface area contributed by atoms with Gasteiger partial charge in [0.2, 0.25) is 0 Å². The monoisotopic (exact) mass is 225 g/mol. The van der Waals surface area contributed by atoms with Gasteiger partial charge in [-0.3, -0.25) is 14.9 Å². The molecule has 0 spiro atoms. The Bertz CT molecular complexity index is 496. The van der Waals surface area contributed by atoms with Crippen LogP contribution in [0.3, 0.4) is 0 Å². The van der Waals surface area contributed by atoms with Crippen LogP contribution in [0.1, 0.15) is 5.56 Å². The number of imide groups is 1. The first kappa shape index (κ1) is 9.86. The first-order valence-corrected chi connectivity index (χ1v) is 4.48. The SMILES string of the molecule is O=C1C=C(c2ccc(Cl)c(F)c2)C(=O)N1. The van der Waals surface area contributed by atoms with Gasteiger partial charge in [0, 0.05) is 6.08 Å². The highest BCUT2D eigenvalue weighted by molar-refractivity contribution is 6.34. The molecule has 2 amide bonds. The third-order valence-electron chi connectivity index (χ3n) is 1.99. The molecule has 1 heterocycles. The van der Waals surface area contributed by atoms with E-state index >= 15 is 0 Å². The molecule has 76 valence electrons. The van der Waals surface area contributed by atoms with Gasteiger partial charge >= 0.3 is 0 Å². The molecule has 0 fully saturated rings. The largest absolute Gasteiger partial charge is 0.289 e. The van der Waals surface area contributed by atoms with Crippen molar-refractivity contribution in [1.29, 1.82) is 0 Å². The van der Waals surface area contributed by atoms with Gasteiger partial charge < -0.3 is 0 Å². The number of benzene rings is 1. The minimum absolute atomic E-state index is 0.0240. The van der Waals surface area contributed by atoms with Gasteiger partial charge in [0.25, 0.3) is 11.8 Å². The molecular formula is C10H5ClFNO2. The Morgan fingerprint density at radius 1 is 1.27 bits per heavy atom. The highest BCUT2D eigenvalue weighted by Crippen LogP contribution is 2.22. The number of carbonyl (C=O) groups is 2. The highest BCUT2D eigenvalue weighted by atomic mass is 35.5. The predicted molar refractivity (Wildman–Crippen MR) is 52.5 cm³/mol. The summed E-state index contributed by atoms with van der Waals surface area (Å²) in [7, 11) is 0. The quantitative estimate of drug-likeness (QED) is 0.737. The predicted octanol–water partition coefficient (Wildman–Crippen LogP) is 1.52. The van der Waals surface area contributed by atoms with E-state index < -0.39 is 17.6 Å². The Morgan fingerprint density at radius 3 is 2.53 bits per heavy atom. The fourth-order valence-electron chi connectivity index (χ4n) is 1.29. The lowest BCUT2D eigenvalue weighted by molar-refractivity contribution is -0.123. The molecule has 2 rings (SSSR count). The van der Waals surface area contributed by atoms with Gasteiger partial charge in [-0.1, -0.05) is 17.7 Å². The lowest BCUT2D eigenvalue weighted by Crippen LogP contribution is -2.21. The Kier molecular flexibility index (Phi) is 2.28. The Morgan fingerprint density at radius 2 is 2.00 bits per heavy atom. The second-order valence-electron chi connectivity index (χ2n) is 3.01. The van der Waals surface area contributed by atoms with Crippen LogP contribution in [0.4, 0.5) is 4.39 Å². The lowest BCUT2D eigenvalue weighted by atomic mass is 10.1. The van der Waals surface area contributed by atoms with Gasteiger partial charge in [-0.05, 0) is 17.7 Å². The number of hydrogen-bond acceptors (Lipinski definition) is 2. The van der Waals surface area contributed by atoms with Gasteiger partial charge in [0.05, 0.1) is 10.6 Å². The molecule has 1 aliphatic heterocycles. The van der Waals surface area contributed by atoms with Crippen LogP contribution in [0.25, 0.3) is 5.57 Å². The van der Waals surface area contributed by atoms with Crippen LogP contribution in [0.2, 0.25) is 5.02 Å². The number of amides is 2.